The molecule has 3 N–H and O–H groups in total. The van der Waals surface area contributed by atoms with Gasteiger partial charge in [0.05, 0.1) is 5.92 Å². The van der Waals surface area contributed by atoms with E-state index in [-0.39, 0.29) is 18.0 Å². The van der Waals surface area contributed by atoms with E-state index in [1.807, 2.05) is 12.1 Å². The van der Waals surface area contributed by atoms with Gasteiger partial charge in [-0.15, -0.1) is 0 Å². The number of nitrogens with one attached hydrogen (secondary N) is 2. The van der Waals surface area contributed by atoms with Crippen molar-refractivity contribution in [3.8, 4) is 0 Å². The minimum Gasteiger partial charge on any atom is -0.481 e. The van der Waals surface area contributed by atoms with E-state index in [1.165, 1.54) is 0 Å². The van der Waals surface area contributed by atoms with Crippen molar-refractivity contribution in [3.63, 3.8) is 0 Å². The Morgan fingerprint density at radius 2 is 1.95 bits per heavy atom. The van der Waals surface area contributed by atoms with Crippen molar-refractivity contribution in [2.24, 2.45) is 5.92 Å². The van der Waals surface area contributed by atoms with Gasteiger partial charge >= 0.3 is 12.0 Å². The average molecular weight is 297 g/mol. The van der Waals surface area contributed by atoms with Crippen LogP contribution in [0, 0.1) is 5.92 Å². The molecule has 1 aliphatic rings. The summed E-state index contributed by atoms with van der Waals surface area (Å²) in [5.41, 5.74) is 0.958. The first-order valence-corrected chi connectivity index (χ1v) is 6.94. The summed E-state index contributed by atoms with van der Waals surface area (Å²) in [6.07, 6.45) is 1.84. The summed E-state index contributed by atoms with van der Waals surface area (Å²) in [6.45, 7) is 0.415. The fourth-order valence-corrected chi connectivity index (χ4v) is 2.48. The molecule has 0 aromatic heterocycles. The van der Waals surface area contributed by atoms with Crippen molar-refractivity contribution < 1.29 is 14.7 Å². The van der Waals surface area contributed by atoms with Gasteiger partial charge in [-0.05, 0) is 37.0 Å². The molecule has 0 aliphatic heterocycles. The van der Waals surface area contributed by atoms with E-state index in [9.17, 15) is 9.59 Å². The molecule has 0 saturated heterocycles. The van der Waals surface area contributed by atoms with Crippen LogP contribution in [0.5, 0.6) is 0 Å². The number of amides is 2. The molecule has 0 heterocycles. The van der Waals surface area contributed by atoms with Gasteiger partial charge in [-0.2, -0.15) is 0 Å². The van der Waals surface area contributed by atoms with Crippen molar-refractivity contribution in [1.29, 1.82) is 0 Å². The molecule has 2 amide bonds. The van der Waals surface area contributed by atoms with Crippen LogP contribution in [0.4, 0.5) is 4.79 Å². The summed E-state index contributed by atoms with van der Waals surface area (Å²) in [7, 11) is 0. The van der Waals surface area contributed by atoms with Crippen LogP contribution in [-0.2, 0) is 11.3 Å². The Morgan fingerprint density at radius 3 is 2.55 bits per heavy atom. The van der Waals surface area contributed by atoms with Gasteiger partial charge in [0.2, 0.25) is 0 Å². The lowest BCUT2D eigenvalue weighted by molar-refractivity contribution is -0.141. The Labute approximate surface area is 122 Å². The van der Waals surface area contributed by atoms with Gasteiger partial charge in [0.1, 0.15) is 0 Å². The zero-order valence-electron chi connectivity index (χ0n) is 10.9. The molecule has 1 aromatic carbocycles. The summed E-state index contributed by atoms with van der Waals surface area (Å²) < 4.78 is 0. The van der Waals surface area contributed by atoms with Gasteiger partial charge in [-0.3, -0.25) is 4.79 Å². The van der Waals surface area contributed by atoms with Crippen molar-refractivity contribution >= 4 is 23.6 Å². The Kier molecular flexibility index (Phi) is 4.84. The van der Waals surface area contributed by atoms with Crippen molar-refractivity contribution in [3.05, 3.63) is 34.9 Å². The van der Waals surface area contributed by atoms with Crippen LogP contribution in [-0.4, -0.2) is 23.1 Å². The largest absolute Gasteiger partial charge is 0.481 e. The molecule has 5 nitrogen and oxygen atoms in total. The van der Waals surface area contributed by atoms with E-state index in [2.05, 4.69) is 10.6 Å². The number of carboxylic acid groups (broad SMARTS) is 1. The van der Waals surface area contributed by atoms with E-state index in [0.29, 0.717) is 30.8 Å². The third kappa shape index (κ3) is 4.13. The molecule has 1 saturated carbocycles. The predicted molar refractivity (Wildman–Crippen MR) is 75.6 cm³/mol. The molecule has 1 aromatic rings. The fourth-order valence-electron chi connectivity index (χ4n) is 2.36. The molecule has 0 radical (unpaired) electrons. The van der Waals surface area contributed by atoms with Crippen LogP contribution in [0.3, 0.4) is 0 Å². The lowest BCUT2D eigenvalue weighted by Gasteiger charge is -2.13. The predicted octanol–water partition coefficient (Wildman–Crippen LogP) is 2.39. The lowest BCUT2D eigenvalue weighted by atomic mass is 10.1. The van der Waals surface area contributed by atoms with E-state index >= 15 is 0 Å². The van der Waals surface area contributed by atoms with E-state index in [4.69, 9.17) is 16.7 Å². The normalized spacial score (nSPS) is 21.4. The van der Waals surface area contributed by atoms with Crippen LogP contribution in [0.2, 0.25) is 5.02 Å². The molecule has 2 unspecified atom stereocenters. The number of hydrogen-bond donors (Lipinski definition) is 3. The third-order valence-electron chi connectivity index (χ3n) is 3.48. The van der Waals surface area contributed by atoms with Crippen LogP contribution in [0.15, 0.2) is 24.3 Å². The third-order valence-corrected chi connectivity index (χ3v) is 3.74. The van der Waals surface area contributed by atoms with Crippen molar-refractivity contribution in [1.82, 2.24) is 10.6 Å². The van der Waals surface area contributed by atoms with Gasteiger partial charge in [0, 0.05) is 17.6 Å². The number of carbonyl (C=O) groups is 2. The SMILES string of the molecule is O=C(NCc1ccc(Cl)cc1)NC1CCC(C(=O)O)C1. The maximum absolute atomic E-state index is 11.7. The standard InChI is InChI=1S/C14H17ClN2O3/c15-11-4-1-9(2-5-11)8-16-14(20)17-12-6-3-10(7-12)13(18)19/h1-2,4-5,10,12H,3,6-8H2,(H,18,19)(H2,16,17,20). The minimum absolute atomic E-state index is 0.0543. The Hall–Kier alpha value is -1.75. The Bertz CT molecular complexity index is 490. The number of benzene rings is 1. The second-order valence-electron chi connectivity index (χ2n) is 5.00. The molecule has 108 valence electrons. The maximum Gasteiger partial charge on any atom is 0.315 e. The van der Waals surface area contributed by atoms with Crippen LogP contribution >= 0.6 is 11.6 Å². The van der Waals surface area contributed by atoms with Crippen molar-refractivity contribution in [2.45, 2.75) is 31.8 Å². The van der Waals surface area contributed by atoms with E-state index in [1.54, 1.807) is 12.1 Å². The highest BCUT2D eigenvalue weighted by molar-refractivity contribution is 6.30. The summed E-state index contributed by atoms with van der Waals surface area (Å²) in [4.78, 5) is 22.6. The molecule has 1 aliphatic carbocycles. The molecule has 0 spiro atoms. The summed E-state index contributed by atoms with van der Waals surface area (Å²) in [5, 5.41) is 15.1. The second-order valence-corrected chi connectivity index (χ2v) is 5.44. The highest BCUT2D eigenvalue weighted by Crippen LogP contribution is 2.25. The number of urea groups is 1. The molecular formula is C14H17ClN2O3. The number of hydrogen-bond acceptors (Lipinski definition) is 2. The van der Waals surface area contributed by atoms with Gasteiger partial charge in [-0.1, -0.05) is 23.7 Å². The van der Waals surface area contributed by atoms with Crippen molar-refractivity contribution in [2.75, 3.05) is 0 Å². The Balaban J connectivity index is 1.73. The summed E-state index contributed by atoms with van der Waals surface area (Å²) in [5.74, 6) is -1.12. The van der Waals surface area contributed by atoms with Crippen LogP contribution in [0.1, 0.15) is 24.8 Å². The number of carbonyl (C=O) groups excluding carboxylic acids is 1. The quantitative estimate of drug-likeness (QED) is 0.798. The van der Waals surface area contributed by atoms with Crippen LogP contribution in [0.25, 0.3) is 0 Å². The molecule has 2 atom stereocenters. The molecule has 0 bridgehead atoms. The minimum atomic E-state index is -0.782. The lowest BCUT2D eigenvalue weighted by Crippen LogP contribution is -2.40. The average Bonchev–Trinajstić information content (AvgIpc) is 2.87. The maximum atomic E-state index is 11.7. The van der Waals surface area contributed by atoms with Gasteiger partial charge in [-0.25, -0.2) is 4.79 Å². The van der Waals surface area contributed by atoms with E-state index < -0.39 is 5.97 Å². The van der Waals surface area contributed by atoms with Crippen LogP contribution < -0.4 is 10.6 Å². The Morgan fingerprint density at radius 1 is 1.25 bits per heavy atom. The number of aliphatic carboxylic acids is 1. The first-order chi connectivity index (χ1) is 9.54. The molecule has 1 fully saturated rings. The molecular weight excluding hydrogens is 280 g/mol. The first-order valence-electron chi connectivity index (χ1n) is 6.56. The first kappa shape index (κ1) is 14.7. The fraction of sp³-hybridized carbons (Fsp3) is 0.429. The highest BCUT2D eigenvalue weighted by atomic mass is 35.5. The van der Waals surface area contributed by atoms with Gasteiger partial charge < -0.3 is 15.7 Å². The molecule has 6 heteroatoms. The second kappa shape index (κ2) is 6.61. The van der Waals surface area contributed by atoms with Gasteiger partial charge in [0.25, 0.3) is 0 Å². The molecule has 2 rings (SSSR count). The highest BCUT2D eigenvalue weighted by Gasteiger charge is 2.30. The summed E-state index contributed by atoms with van der Waals surface area (Å²) >= 11 is 5.78. The summed E-state index contributed by atoms with van der Waals surface area (Å²) in [6, 6.07) is 6.91. The van der Waals surface area contributed by atoms with Gasteiger partial charge in [0.15, 0.2) is 0 Å². The number of rotatable bonds is 4. The smallest absolute Gasteiger partial charge is 0.315 e. The monoisotopic (exact) mass is 296 g/mol. The topological polar surface area (TPSA) is 78.4 Å². The molecule has 20 heavy (non-hydrogen) atoms. The number of carboxylic acids is 1. The zero-order chi connectivity index (χ0) is 14.5. The van der Waals surface area contributed by atoms with E-state index in [0.717, 1.165) is 5.56 Å². The number of halogens is 1. The zero-order valence-corrected chi connectivity index (χ0v) is 11.7.